The maximum atomic E-state index is 10.7. The highest BCUT2D eigenvalue weighted by Crippen LogP contribution is 2.30. The van der Waals surface area contributed by atoms with E-state index in [9.17, 15) is 9.90 Å². The van der Waals surface area contributed by atoms with Crippen molar-refractivity contribution in [1.82, 2.24) is 0 Å². The van der Waals surface area contributed by atoms with Gasteiger partial charge in [0.2, 0.25) is 0 Å². The summed E-state index contributed by atoms with van der Waals surface area (Å²) in [6.07, 6.45) is 20.7. The van der Waals surface area contributed by atoms with E-state index in [0.29, 0.717) is 18.1 Å². The van der Waals surface area contributed by atoms with Gasteiger partial charge in [-0.2, -0.15) is 0 Å². The molecule has 0 fully saturated rings. The summed E-state index contributed by atoms with van der Waals surface area (Å²) < 4.78 is 0. The Bertz CT molecular complexity index is 693. The van der Waals surface area contributed by atoms with Crippen LogP contribution in [0, 0.1) is 11.8 Å². The lowest BCUT2D eigenvalue weighted by Crippen LogP contribution is -2.04. The number of hydrogen-bond donors (Lipinski definition) is 3. The van der Waals surface area contributed by atoms with E-state index in [1.165, 1.54) is 56.9 Å². The third-order valence-corrected chi connectivity index (χ3v) is 6.33. The van der Waals surface area contributed by atoms with Crippen LogP contribution >= 0.6 is 0 Å². The SMILES string of the molecule is NCCC1=CC(CCCCCCC(CC=CCCC(=O)O)Cc2ccc(O)cc2)CC1. The molecule has 4 N–H and O–H groups in total. The second-order valence-electron chi connectivity index (χ2n) is 9.03. The molecule has 1 aromatic carbocycles. The highest BCUT2D eigenvalue weighted by atomic mass is 16.4. The molecule has 4 nitrogen and oxygen atoms in total. The topological polar surface area (TPSA) is 83.6 Å². The van der Waals surface area contributed by atoms with Crippen LogP contribution in [0.15, 0.2) is 48.1 Å². The van der Waals surface area contributed by atoms with E-state index < -0.39 is 5.97 Å². The molecule has 1 aliphatic rings. The lowest BCUT2D eigenvalue weighted by Gasteiger charge is -2.16. The maximum absolute atomic E-state index is 10.7. The number of rotatable bonds is 16. The van der Waals surface area contributed by atoms with Crippen LogP contribution in [0.2, 0.25) is 0 Å². The van der Waals surface area contributed by atoms with Crippen LogP contribution < -0.4 is 5.73 Å². The van der Waals surface area contributed by atoms with Crippen molar-refractivity contribution in [2.75, 3.05) is 6.54 Å². The number of hydrogen-bond acceptors (Lipinski definition) is 3. The quantitative estimate of drug-likeness (QED) is 0.211. The first-order valence-corrected chi connectivity index (χ1v) is 12.1. The Morgan fingerprint density at radius 1 is 1.13 bits per heavy atom. The Hall–Kier alpha value is -2.07. The minimum Gasteiger partial charge on any atom is -0.508 e. The van der Waals surface area contributed by atoms with Crippen molar-refractivity contribution in [2.24, 2.45) is 17.6 Å². The average Bonchev–Trinajstić information content (AvgIpc) is 3.19. The van der Waals surface area contributed by atoms with Gasteiger partial charge < -0.3 is 15.9 Å². The van der Waals surface area contributed by atoms with Gasteiger partial charge in [0.25, 0.3) is 0 Å². The summed E-state index contributed by atoms with van der Waals surface area (Å²) in [5, 5.41) is 18.3. The molecule has 0 saturated carbocycles. The van der Waals surface area contributed by atoms with Gasteiger partial charge in [0.05, 0.1) is 0 Å². The van der Waals surface area contributed by atoms with Crippen LogP contribution in [0.4, 0.5) is 0 Å². The number of carboxylic acids is 1. The first-order valence-electron chi connectivity index (χ1n) is 12.1. The van der Waals surface area contributed by atoms with Crippen molar-refractivity contribution >= 4 is 5.97 Å². The van der Waals surface area contributed by atoms with Gasteiger partial charge in [-0.05, 0) is 87.4 Å². The van der Waals surface area contributed by atoms with Gasteiger partial charge in [-0.1, -0.05) is 61.6 Å². The van der Waals surface area contributed by atoms with Crippen molar-refractivity contribution in [3.8, 4) is 5.75 Å². The molecule has 2 atom stereocenters. The molecule has 0 aromatic heterocycles. The summed E-state index contributed by atoms with van der Waals surface area (Å²) in [6.45, 7) is 0.776. The number of carbonyl (C=O) groups is 1. The molecular formula is C27H41NO3. The van der Waals surface area contributed by atoms with Crippen LogP contribution in [0.25, 0.3) is 0 Å². The maximum Gasteiger partial charge on any atom is 0.303 e. The van der Waals surface area contributed by atoms with E-state index in [-0.39, 0.29) is 6.42 Å². The second-order valence-corrected chi connectivity index (χ2v) is 9.03. The van der Waals surface area contributed by atoms with Crippen molar-refractivity contribution in [1.29, 1.82) is 0 Å². The molecule has 2 unspecified atom stereocenters. The third-order valence-electron chi connectivity index (χ3n) is 6.33. The Labute approximate surface area is 188 Å². The first kappa shape index (κ1) is 25.2. The Kier molecular flexibility index (Phi) is 12.1. The molecular weight excluding hydrogens is 386 g/mol. The van der Waals surface area contributed by atoms with Crippen LogP contribution in [-0.2, 0) is 11.2 Å². The van der Waals surface area contributed by atoms with E-state index in [1.807, 2.05) is 18.2 Å². The molecule has 0 bridgehead atoms. The van der Waals surface area contributed by atoms with E-state index in [1.54, 1.807) is 17.7 Å². The number of allylic oxidation sites excluding steroid dienone is 3. The Morgan fingerprint density at radius 2 is 1.90 bits per heavy atom. The molecule has 1 aromatic rings. The zero-order valence-corrected chi connectivity index (χ0v) is 19.0. The minimum atomic E-state index is -0.742. The number of aromatic hydroxyl groups is 1. The van der Waals surface area contributed by atoms with Crippen LogP contribution in [0.3, 0.4) is 0 Å². The molecule has 172 valence electrons. The van der Waals surface area contributed by atoms with Gasteiger partial charge in [0, 0.05) is 6.42 Å². The fraction of sp³-hybridized carbons (Fsp3) is 0.593. The van der Waals surface area contributed by atoms with E-state index >= 15 is 0 Å². The molecule has 31 heavy (non-hydrogen) atoms. The molecule has 0 heterocycles. The average molecular weight is 428 g/mol. The van der Waals surface area contributed by atoms with E-state index in [0.717, 1.165) is 31.7 Å². The third kappa shape index (κ3) is 11.2. The molecule has 2 rings (SSSR count). The predicted molar refractivity (Wildman–Crippen MR) is 128 cm³/mol. The summed E-state index contributed by atoms with van der Waals surface area (Å²) in [7, 11) is 0. The number of aliphatic carboxylic acids is 1. The number of unbranched alkanes of at least 4 members (excludes halogenated alkanes) is 3. The van der Waals surface area contributed by atoms with Gasteiger partial charge >= 0.3 is 5.97 Å². The molecule has 4 heteroatoms. The van der Waals surface area contributed by atoms with Crippen molar-refractivity contribution in [2.45, 2.75) is 83.5 Å². The number of carboxylic acid groups (broad SMARTS) is 1. The van der Waals surface area contributed by atoms with Gasteiger partial charge in [-0.25, -0.2) is 0 Å². The highest BCUT2D eigenvalue weighted by molar-refractivity contribution is 5.66. The molecule has 1 aliphatic carbocycles. The Balaban J connectivity index is 1.68. The van der Waals surface area contributed by atoms with Gasteiger partial charge in [-0.3, -0.25) is 4.79 Å². The summed E-state index contributed by atoms with van der Waals surface area (Å²) in [5.74, 6) is 0.900. The fourth-order valence-electron chi connectivity index (χ4n) is 4.57. The molecule has 0 amide bonds. The predicted octanol–water partition coefficient (Wildman–Crippen LogP) is 6.39. The number of phenolic OH excluding ortho intramolecular Hbond substituents is 1. The first-order chi connectivity index (χ1) is 15.1. The van der Waals surface area contributed by atoms with Crippen molar-refractivity contribution < 1.29 is 15.0 Å². The van der Waals surface area contributed by atoms with Gasteiger partial charge in [0.1, 0.15) is 5.75 Å². The molecule has 0 spiro atoms. The molecule has 0 radical (unpaired) electrons. The van der Waals surface area contributed by atoms with Crippen LogP contribution in [0.5, 0.6) is 5.75 Å². The van der Waals surface area contributed by atoms with Crippen molar-refractivity contribution in [3.63, 3.8) is 0 Å². The fourth-order valence-corrected chi connectivity index (χ4v) is 4.57. The van der Waals surface area contributed by atoms with Crippen molar-refractivity contribution in [3.05, 3.63) is 53.6 Å². The summed E-state index contributed by atoms with van der Waals surface area (Å²) >= 11 is 0. The Morgan fingerprint density at radius 3 is 2.65 bits per heavy atom. The number of benzene rings is 1. The lowest BCUT2D eigenvalue weighted by atomic mass is 9.90. The zero-order valence-electron chi connectivity index (χ0n) is 19.0. The summed E-state index contributed by atoms with van der Waals surface area (Å²) in [4.78, 5) is 10.7. The monoisotopic (exact) mass is 427 g/mol. The van der Waals surface area contributed by atoms with Gasteiger partial charge in [0.15, 0.2) is 0 Å². The summed E-state index contributed by atoms with van der Waals surface area (Å²) in [6, 6.07) is 7.52. The minimum absolute atomic E-state index is 0.197. The van der Waals surface area contributed by atoms with Crippen LogP contribution in [-0.4, -0.2) is 22.7 Å². The molecule has 0 saturated heterocycles. The number of nitrogens with two attached hydrogens (primary N) is 1. The van der Waals surface area contributed by atoms with E-state index in [2.05, 4.69) is 12.2 Å². The highest BCUT2D eigenvalue weighted by Gasteiger charge is 2.14. The zero-order chi connectivity index (χ0) is 22.3. The lowest BCUT2D eigenvalue weighted by molar-refractivity contribution is -0.136. The largest absolute Gasteiger partial charge is 0.508 e. The van der Waals surface area contributed by atoms with Crippen LogP contribution in [0.1, 0.15) is 82.6 Å². The number of phenols is 1. The normalized spacial score (nSPS) is 17.2. The van der Waals surface area contributed by atoms with E-state index in [4.69, 9.17) is 10.8 Å². The summed E-state index contributed by atoms with van der Waals surface area (Å²) in [5.41, 5.74) is 8.49. The second kappa shape index (κ2) is 14.9. The standard InChI is InChI=1S/C27H41NO3/c28-19-18-25-13-12-23(21-25)10-5-2-1-4-8-22(9-6-3-7-11-27(30)31)20-24-14-16-26(29)17-15-24/h3,6,14-17,21-23,29H,1-2,4-5,7-13,18-20,28H2,(H,30,31). The van der Waals surface area contributed by atoms with Gasteiger partial charge in [-0.15, -0.1) is 0 Å². The smallest absolute Gasteiger partial charge is 0.303 e. The molecule has 0 aliphatic heterocycles.